The normalized spacial score (nSPS) is 10.5. The molecule has 3 rings (SSSR count). The topological polar surface area (TPSA) is 46.5 Å². The number of hydrogen-bond acceptors (Lipinski definition) is 2. The second-order valence-corrected chi connectivity index (χ2v) is 6.64. The number of aliphatic carboxylic acids is 1. The van der Waals surface area contributed by atoms with Crippen molar-refractivity contribution < 1.29 is 14.6 Å². The Hall–Kier alpha value is -2.49. The number of carboxylic acids is 1. The molecule has 0 saturated carbocycles. The van der Waals surface area contributed by atoms with E-state index in [1.54, 1.807) is 30.3 Å². The van der Waals surface area contributed by atoms with E-state index in [4.69, 9.17) is 27.9 Å². The summed E-state index contributed by atoms with van der Waals surface area (Å²) in [7, 11) is 0. The van der Waals surface area contributed by atoms with Gasteiger partial charge in [0.05, 0.1) is 6.42 Å². The highest BCUT2D eigenvalue weighted by Crippen LogP contribution is 2.33. The summed E-state index contributed by atoms with van der Waals surface area (Å²) in [4.78, 5) is 11.3. The van der Waals surface area contributed by atoms with E-state index in [0.29, 0.717) is 28.0 Å². The average molecular weight is 387 g/mol. The van der Waals surface area contributed by atoms with Crippen molar-refractivity contribution in [1.29, 1.82) is 0 Å². The van der Waals surface area contributed by atoms with E-state index in [9.17, 15) is 9.90 Å². The van der Waals surface area contributed by atoms with Crippen LogP contribution in [0.15, 0.2) is 66.7 Å². The minimum absolute atomic E-state index is 0.143. The Kier molecular flexibility index (Phi) is 5.82. The monoisotopic (exact) mass is 386 g/mol. The molecule has 0 spiro atoms. The SMILES string of the molecule is O=C(O)Cc1cc(-c2cc(Cl)ccc2Cl)ccc1OCc1ccccc1. The first-order valence-corrected chi connectivity index (χ1v) is 8.75. The van der Waals surface area contributed by atoms with Gasteiger partial charge in [-0.25, -0.2) is 0 Å². The average Bonchev–Trinajstić information content (AvgIpc) is 2.63. The predicted molar refractivity (Wildman–Crippen MR) is 104 cm³/mol. The number of benzene rings is 3. The maximum Gasteiger partial charge on any atom is 0.307 e. The molecule has 0 unspecified atom stereocenters. The van der Waals surface area contributed by atoms with E-state index in [-0.39, 0.29) is 6.42 Å². The number of hydrogen-bond donors (Lipinski definition) is 1. The Balaban J connectivity index is 1.92. The second kappa shape index (κ2) is 8.26. The van der Waals surface area contributed by atoms with Gasteiger partial charge in [-0.3, -0.25) is 4.79 Å². The lowest BCUT2D eigenvalue weighted by atomic mass is 10.0. The lowest BCUT2D eigenvalue weighted by molar-refractivity contribution is -0.136. The number of rotatable bonds is 6. The Morgan fingerprint density at radius 1 is 0.962 bits per heavy atom. The summed E-state index contributed by atoms with van der Waals surface area (Å²) in [6.45, 7) is 0.366. The lowest BCUT2D eigenvalue weighted by Gasteiger charge is -2.13. The van der Waals surface area contributed by atoms with Crippen molar-refractivity contribution in [1.82, 2.24) is 0 Å². The van der Waals surface area contributed by atoms with Gasteiger partial charge in [-0.1, -0.05) is 59.6 Å². The van der Waals surface area contributed by atoms with Gasteiger partial charge >= 0.3 is 5.97 Å². The van der Waals surface area contributed by atoms with Crippen molar-refractivity contribution in [3.05, 3.63) is 87.9 Å². The highest BCUT2D eigenvalue weighted by Gasteiger charge is 2.12. The van der Waals surface area contributed by atoms with Crippen LogP contribution < -0.4 is 4.74 Å². The minimum atomic E-state index is -0.927. The van der Waals surface area contributed by atoms with Crippen LogP contribution in [0.25, 0.3) is 11.1 Å². The molecule has 0 saturated heterocycles. The van der Waals surface area contributed by atoms with Crippen LogP contribution in [0.1, 0.15) is 11.1 Å². The van der Waals surface area contributed by atoms with Crippen molar-refractivity contribution in [3.63, 3.8) is 0 Å². The Morgan fingerprint density at radius 3 is 2.46 bits per heavy atom. The Labute approximate surface area is 161 Å². The van der Waals surface area contributed by atoms with E-state index in [2.05, 4.69) is 0 Å². The van der Waals surface area contributed by atoms with Gasteiger partial charge in [-0.15, -0.1) is 0 Å². The molecule has 0 bridgehead atoms. The molecule has 3 aromatic carbocycles. The Bertz CT molecular complexity index is 924. The molecule has 0 aliphatic rings. The summed E-state index contributed by atoms with van der Waals surface area (Å²) in [6.07, 6.45) is -0.143. The highest BCUT2D eigenvalue weighted by molar-refractivity contribution is 6.35. The van der Waals surface area contributed by atoms with Gasteiger partial charge < -0.3 is 9.84 Å². The summed E-state index contributed by atoms with van der Waals surface area (Å²) in [6, 6.07) is 20.3. The van der Waals surface area contributed by atoms with Crippen LogP contribution in [0.3, 0.4) is 0 Å². The van der Waals surface area contributed by atoms with Crippen molar-refractivity contribution in [3.8, 4) is 16.9 Å². The smallest absolute Gasteiger partial charge is 0.307 e. The zero-order valence-corrected chi connectivity index (χ0v) is 15.3. The molecule has 5 heteroatoms. The van der Waals surface area contributed by atoms with Crippen LogP contribution in [0, 0.1) is 0 Å². The summed E-state index contributed by atoms with van der Waals surface area (Å²) >= 11 is 12.3. The van der Waals surface area contributed by atoms with Gasteiger partial charge in [0.15, 0.2) is 0 Å². The van der Waals surface area contributed by atoms with Crippen LogP contribution in [0.5, 0.6) is 5.75 Å². The quantitative estimate of drug-likeness (QED) is 0.576. The summed E-state index contributed by atoms with van der Waals surface area (Å²) in [5.41, 5.74) is 3.14. The molecular weight excluding hydrogens is 371 g/mol. The van der Waals surface area contributed by atoms with E-state index in [1.807, 2.05) is 36.4 Å². The van der Waals surface area contributed by atoms with Crippen molar-refractivity contribution in [2.24, 2.45) is 0 Å². The van der Waals surface area contributed by atoms with E-state index in [1.165, 1.54) is 0 Å². The fourth-order valence-electron chi connectivity index (χ4n) is 2.64. The van der Waals surface area contributed by atoms with Gasteiger partial charge in [0, 0.05) is 21.2 Å². The summed E-state index contributed by atoms with van der Waals surface area (Å²) in [5, 5.41) is 10.3. The standard InChI is InChI=1S/C21H16Cl2O3/c22-17-7-8-19(23)18(12-17)15-6-9-20(16(10-15)11-21(24)25)26-13-14-4-2-1-3-5-14/h1-10,12H,11,13H2,(H,24,25). The highest BCUT2D eigenvalue weighted by atomic mass is 35.5. The lowest BCUT2D eigenvalue weighted by Crippen LogP contribution is -2.04. The molecule has 3 nitrogen and oxygen atoms in total. The largest absolute Gasteiger partial charge is 0.489 e. The fraction of sp³-hybridized carbons (Fsp3) is 0.0952. The van der Waals surface area contributed by atoms with Crippen LogP contribution in [-0.2, 0) is 17.8 Å². The van der Waals surface area contributed by atoms with Crippen molar-refractivity contribution in [2.75, 3.05) is 0 Å². The molecular formula is C21H16Cl2O3. The molecule has 132 valence electrons. The zero-order valence-electron chi connectivity index (χ0n) is 13.8. The van der Waals surface area contributed by atoms with E-state index < -0.39 is 5.97 Å². The molecule has 3 aromatic rings. The van der Waals surface area contributed by atoms with Crippen LogP contribution >= 0.6 is 23.2 Å². The van der Waals surface area contributed by atoms with Crippen LogP contribution in [0.2, 0.25) is 10.0 Å². The van der Waals surface area contributed by atoms with Crippen LogP contribution in [0.4, 0.5) is 0 Å². The molecule has 26 heavy (non-hydrogen) atoms. The van der Waals surface area contributed by atoms with Gasteiger partial charge in [0.25, 0.3) is 0 Å². The third-order valence-corrected chi connectivity index (χ3v) is 4.44. The first kappa shape index (κ1) is 18.3. The maximum absolute atomic E-state index is 11.3. The first-order chi connectivity index (χ1) is 12.5. The number of carbonyl (C=O) groups is 1. The molecule has 0 aliphatic heterocycles. The van der Waals surface area contributed by atoms with E-state index in [0.717, 1.165) is 16.7 Å². The second-order valence-electron chi connectivity index (χ2n) is 5.79. The van der Waals surface area contributed by atoms with Gasteiger partial charge in [-0.2, -0.15) is 0 Å². The molecule has 0 aromatic heterocycles. The number of carboxylic acid groups (broad SMARTS) is 1. The molecule has 0 radical (unpaired) electrons. The van der Waals surface area contributed by atoms with Gasteiger partial charge in [0.1, 0.15) is 12.4 Å². The minimum Gasteiger partial charge on any atom is -0.489 e. The molecule has 0 amide bonds. The molecule has 1 N–H and O–H groups in total. The number of ether oxygens (including phenoxy) is 1. The third kappa shape index (κ3) is 4.57. The summed E-state index contributed by atoms with van der Waals surface area (Å²) < 4.78 is 5.85. The molecule has 0 aliphatic carbocycles. The van der Waals surface area contributed by atoms with Crippen molar-refractivity contribution >= 4 is 29.2 Å². The zero-order chi connectivity index (χ0) is 18.5. The number of halogens is 2. The van der Waals surface area contributed by atoms with Crippen LogP contribution in [-0.4, -0.2) is 11.1 Å². The first-order valence-electron chi connectivity index (χ1n) is 8.00. The Morgan fingerprint density at radius 2 is 1.73 bits per heavy atom. The van der Waals surface area contributed by atoms with Crippen molar-refractivity contribution in [2.45, 2.75) is 13.0 Å². The maximum atomic E-state index is 11.3. The molecule has 0 fully saturated rings. The van der Waals surface area contributed by atoms with Gasteiger partial charge in [0.2, 0.25) is 0 Å². The molecule has 0 atom stereocenters. The summed E-state index contributed by atoms with van der Waals surface area (Å²) in [5.74, 6) is -0.387. The predicted octanol–water partition coefficient (Wildman–Crippen LogP) is 5.87. The van der Waals surface area contributed by atoms with E-state index >= 15 is 0 Å². The fourth-order valence-corrected chi connectivity index (χ4v) is 3.04. The third-order valence-electron chi connectivity index (χ3n) is 3.88. The van der Waals surface area contributed by atoms with Gasteiger partial charge in [-0.05, 0) is 41.5 Å². The molecule has 0 heterocycles.